The highest BCUT2D eigenvalue weighted by Crippen LogP contribution is 2.28. The zero-order valence-corrected chi connectivity index (χ0v) is 20.7. The lowest BCUT2D eigenvalue weighted by Crippen LogP contribution is -2.31. The van der Waals surface area contributed by atoms with E-state index in [0.29, 0.717) is 12.0 Å². The van der Waals surface area contributed by atoms with Crippen LogP contribution in [0.4, 0.5) is 0 Å². The molecule has 3 aromatic carbocycles. The topological polar surface area (TPSA) is 59.8 Å². The molecule has 0 saturated carbocycles. The van der Waals surface area contributed by atoms with Gasteiger partial charge < -0.3 is 5.32 Å². The molecule has 4 rings (SSSR count). The van der Waals surface area contributed by atoms with Gasteiger partial charge in [0.15, 0.2) is 5.16 Å². The van der Waals surface area contributed by atoms with Crippen LogP contribution in [-0.2, 0) is 12.2 Å². The third kappa shape index (κ3) is 5.75. The Bertz CT molecular complexity index is 1240. The summed E-state index contributed by atoms with van der Waals surface area (Å²) in [6.07, 6.45) is 1.62. The first-order valence-corrected chi connectivity index (χ1v) is 12.6. The van der Waals surface area contributed by atoms with Gasteiger partial charge in [-0.3, -0.25) is 9.36 Å². The van der Waals surface area contributed by atoms with Crippen molar-refractivity contribution in [2.75, 3.05) is 0 Å². The van der Waals surface area contributed by atoms with E-state index in [-0.39, 0.29) is 11.9 Å². The molecule has 0 saturated heterocycles. The largest absolute Gasteiger partial charge is 0.350 e. The van der Waals surface area contributed by atoms with E-state index in [1.807, 2.05) is 61.5 Å². The summed E-state index contributed by atoms with van der Waals surface area (Å²) in [7, 11) is 0. The third-order valence-corrected chi connectivity index (χ3v) is 6.84. The molecular formula is C28H30N4OS. The van der Waals surface area contributed by atoms with Crippen molar-refractivity contribution >= 4 is 17.7 Å². The SMILES string of the molecule is CC[C@H](C)NC(=O)c1ccc(CSc2nnc(Cc3ccccc3)n2-c2ccccc2C)cc1. The van der Waals surface area contributed by atoms with E-state index >= 15 is 0 Å². The summed E-state index contributed by atoms with van der Waals surface area (Å²) in [6, 6.07) is 26.6. The van der Waals surface area contributed by atoms with Gasteiger partial charge in [0.05, 0.1) is 5.69 Å². The van der Waals surface area contributed by atoms with Crippen LogP contribution in [0, 0.1) is 6.92 Å². The van der Waals surface area contributed by atoms with Crippen LogP contribution >= 0.6 is 11.8 Å². The van der Waals surface area contributed by atoms with Crippen LogP contribution < -0.4 is 5.32 Å². The van der Waals surface area contributed by atoms with Gasteiger partial charge in [-0.2, -0.15) is 0 Å². The molecule has 0 aliphatic heterocycles. The summed E-state index contributed by atoms with van der Waals surface area (Å²) < 4.78 is 2.17. The van der Waals surface area contributed by atoms with Crippen molar-refractivity contribution in [2.24, 2.45) is 0 Å². The standard InChI is InChI=1S/C28H30N4OS/c1-4-21(3)29-27(33)24-16-14-23(15-17-24)19-34-28-31-30-26(18-22-11-6-5-7-12-22)32(28)25-13-9-8-10-20(25)2/h5-17,21H,4,18-19H2,1-3H3,(H,29,33)/t21-/m0/s1. The Balaban J connectivity index is 1.54. The number of aryl methyl sites for hydroxylation is 1. The van der Waals surface area contributed by atoms with E-state index in [9.17, 15) is 4.79 Å². The number of nitrogens with one attached hydrogen (secondary N) is 1. The minimum Gasteiger partial charge on any atom is -0.350 e. The maximum atomic E-state index is 12.4. The Morgan fingerprint density at radius 3 is 2.35 bits per heavy atom. The molecule has 1 atom stereocenters. The Hall–Kier alpha value is -3.38. The number of para-hydroxylation sites is 1. The highest BCUT2D eigenvalue weighted by atomic mass is 32.2. The Morgan fingerprint density at radius 1 is 0.941 bits per heavy atom. The predicted molar refractivity (Wildman–Crippen MR) is 139 cm³/mol. The predicted octanol–water partition coefficient (Wildman–Crippen LogP) is 5.99. The average Bonchev–Trinajstić information content (AvgIpc) is 3.25. The van der Waals surface area contributed by atoms with E-state index in [0.717, 1.165) is 34.4 Å². The molecule has 4 aromatic rings. The number of hydrogen-bond donors (Lipinski definition) is 1. The lowest BCUT2D eigenvalue weighted by Gasteiger charge is -2.13. The molecule has 0 fully saturated rings. The fourth-order valence-electron chi connectivity index (χ4n) is 3.65. The van der Waals surface area contributed by atoms with E-state index in [1.165, 1.54) is 11.1 Å². The minimum atomic E-state index is -0.0293. The van der Waals surface area contributed by atoms with Gasteiger partial charge in [0.1, 0.15) is 5.82 Å². The molecule has 1 aromatic heterocycles. The maximum absolute atomic E-state index is 12.4. The van der Waals surface area contributed by atoms with Gasteiger partial charge in [-0.05, 0) is 55.2 Å². The van der Waals surface area contributed by atoms with Crippen LogP contribution in [0.2, 0.25) is 0 Å². The molecule has 34 heavy (non-hydrogen) atoms. The first kappa shape index (κ1) is 23.8. The number of hydrogen-bond acceptors (Lipinski definition) is 4. The van der Waals surface area contributed by atoms with Crippen molar-refractivity contribution in [1.29, 1.82) is 0 Å². The Morgan fingerprint density at radius 2 is 1.65 bits per heavy atom. The van der Waals surface area contributed by atoms with Gasteiger partial charge in [0.2, 0.25) is 0 Å². The van der Waals surface area contributed by atoms with Crippen molar-refractivity contribution in [1.82, 2.24) is 20.1 Å². The molecule has 5 nitrogen and oxygen atoms in total. The molecule has 0 spiro atoms. The number of rotatable bonds is 9. The zero-order chi connectivity index (χ0) is 23.9. The second-order valence-electron chi connectivity index (χ2n) is 8.45. The molecular weight excluding hydrogens is 440 g/mol. The number of carbonyl (C=O) groups is 1. The molecule has 1 N–H and O–H groups in total. The highest BCUT2D eigenvalue weighted by Gasteiger charge is 2.17. The quantitative estimate of drug-likeness (QED) is 0.305. The first-order valence-electron chi connectivity index (χ1n) is 11.6. The van der Waals surface area contributed by atoms with Crippen LogP contribution in [0.15, 0.2) is 84.0 Å². The molecule has 0 aliphatic carbocycles. The summed E-state index contributed by atoms with van der Waals surface area (Å²) in [5, 5.41) is 13.0. The van der Waals surface area contributed by atoms with Crippen molar-refractivity contribution in [3.05, 3.63) is 107 Å². The van der Waals surface area contributed by atoms with Gasteiger partial charge in [-0.1, -0.05) is 79.3 Å². The zero-order valence-electron chi connectivity index (χ0n) is 19.9. The maximum Gasteiger partial charge on any atom is 0.251 e. The van der Waals surface area contributed by atoms with E-state index in [1.54, 1.807) is 11.8 Å². The van der Waals surface area contributed by atoms with Crippen LogP contribution in [0.25, 0.3) is 5.69 Å². The lowest BCUT2D eigenvalue weighted by atomic mass is 10.1. The Labute approximate surface area is 205 Å². The van der Waals surface area contributed by atoms with Gasteiger partial charge in [-0.15, -0.1) is 10.2 Å². The smallest absolute Gasteiger partial charge is 0.251 e. The van der Waals surface area contributed by atoms with Crippen LogP contribution in [0.3, 0.4) is 0 Å². The summed E-state index contributed by atoms with van der Waals surface area (Å²) in [4.78, 5) is 12.4. The van der Waals surface area contributed by atoms with Crippen LogP contribution in [-0.4, -0.2) is 26.7 Å². The molecule has 0 radical (unpaired) electrons. The fraction of sp³-hybridized carbons (Fsp3) is 0.250. The van der Waals surface area contributed by atoms with Crippen molar-refractivity contribution < 1.29 is 4.79 Å². The van der Waals surface area contributed by atoms with E-state index < -0.39 is 0 Å². The number of aromatic nitrogens is 3. The lowest BCUT2D eigenvalue weighted by molar-refractivity contribution is 0.0939. The summed E-state index contributed by atoms with van der Waals surface area (Å²) >= 11 is 1.65. The third-order valence-electron chi connectivity index (χ3n) is 5.84. The van der Waals surface area contributed by atoms with E-state index in [4.69, 9.17) is 0 Å². The Kier molecular flexibility index (Phi) is 7.80. The molecule has 0 bridgehead atoms. The molecule has 0 aliphatic rings. The van der Waals surface area contributed by atoms with Crippen molar-refractivity contribution in [3.63, 3.8) is 0 Å². The number of benzene rings is 3. The van der Waals surface area contributed by atoms with Gasteiger partial charge in [0.25, 0.3) is 5.91 Å². The normalized spacial score (nSPS) is 11.9. The molecule has 1 heterocycles. The number of nitrogens with zero attached hydrogens (tertiary/aromatic N) is 3. The summed E-state index contributed by atoms with van der Waals surface area (Å²) in [5.41, 5.74) is 5.29. The number of amides is 1. The monoisotopic (exact) mass is 470 g/mol. The van der Waals surface area contributed by atoms with E-state index in [2.05, 4.69) is 58.2 Å². The van der Waals surface area contributed by atoms with Crippen molar-refractivity contribution in [2.45, 2.75) is 50.6 Å². The second kappa shape index (κ2) is 11.2. The second-order valence-corrected chi connectivity index (χ2v) is 9.39. The number of carbonyl (C=O) groups excluding carboxylic acids is 1. The number of thioether (sulfide) groups is 1. The van der Waals surface area contributed by atoms with Gasteiger partial charge in [0, 0.05) is 23.8 Å². The minimum absolute atomic E-state index is 0.0293. The highest BCUT2D eigenvalue weighted by molar-refractivity contribution is 7.98. The van der Waals surface area contributed by atoms with Crippen molar-refractivity contribution in [3.8, 4) is 5.69 Å². The molecule has 174 valence electrons. The molecule has 6 heteroatoms. The van der Waals surface area contributed by atoms with Crippen LogP contribution in [0.5, 0.6) is 0 Å². The van der Waals surface area contributed by atoms with Crippen LogP contribution in [0.1, 0.15) is 53.1 Å². The summed E-state index contributed by atoms with van der Waals surface area (Å²) in [5.74, 6) is 1.63. The molecule has 0 unspecified atom stereocenters. The first-order chi connectivity index (χ1) is 16.5. The fourth-order valence-corrected chi connectivity index (χ4v) is 4.57. The van der Waals surface area contributed by atoms with Gasteiger partial charge in [-0.25, -0.2) is 0 Å². The van der Waals surface area contributed by atoms with Gasteiger partial charge >= 0.3 is 0 Å². The average molecular weight is 471 g/mol. The summed E-state index contributed by atoms with van der Waals surface area (Å²) in [6.45, 7) is 6.19. The molecule has 1 amide bonds.